The fraction of sp³-hybridized carbons (Fsp3) is 0.370. The van der Waals surface area contributed by atoms with E-state index in [0.717, 1.165) is 35.2 Å². The first-order valence-electron chi connectivity index (χ1n) is 11.9. The average Bonchev–Trinajstić information content (AvgIpc) is 3.42. The SMILES string of the molecule is CCCCN1C(=O)CCC(C(=O)NCc2ccc(-c3ccn[nH]3)cc2)C1c1ccccc1OC. The molecule has 34 heavy (non-hydrogen) atoms. The number of rotatable bonds is 9. The highest BCUT2D eigenvalue weighted by molar-refractivity contribution is 5.85. The minimum Gasteiger partial charge on any atom is -0.496 e. The molecule has 1 saturated heterocycles. The van der Waals surface area contributed by atoms with Crippen LogP contribution in [0.1, 0.15) is 49.8 Å². The maximum atomic E-state index is 13.4. The number of para-hydroxylation sites is 1. The molecule has 2 atom stereocenters. The molecular formula is C27H32N4O3. The molecule has 0 bridgehead atoms. The fourth-order valence-corrected chi connectivity index (χ4v) is 4.65. The number of nitrogens with one attached hydrogen (secondary N) is 2. The lowest BCUT2D eigenvalue weighted by Crippen LogP contribution is -2.48. The molecule has 1 aromatic heterocycles. The van der Waals surface area contributed by atoms with E-state index in [1.54, 1.807) is 13.3 Å². The number of hydrogen-bond donors (Lipinski definition) is 2. The summed E-state index contributed by atoms with van der Waals surface area (Å²) in [6.45, 7) is 3.17. The Hall–Kier alpha value is -3.61. The van der Waals surface area contributed by atoms with E-state index in [9.17, 15) is 9.59 Å². The van der Waals surface area contributed by atoms with E-state index in [4.69, 9.17) is 4.74 Å². The number of amides is 2. The zero-order valence-electron chi connectivity index (χ0n) is 19.8. The van der Waals surface area contributed by atoms with Gasteiger partial charge in [-0.25, -0.2) is 0 Å². The van der Waals surface area contributed by atoms with Crippen molar-refractivity contribution in [1.29, 1.82) is 0 Å². The number of carbonyl (C=O) groups excluding carboxylic acids is 2. The Morgan fingerprint density at radius 1 is 1.18 bits per heavy atom. The molecule has 2 N–H and O–H groups in total. The Balaban J connectivity index is 1.52. The summed E-state index contributed by atoms with van der Waals surface area (Å²) >= 11 is 0. The van der Waals surface area contributed by atoms with Crippen LogP contribution in [0, 0.1) is 5.92 Å². The molecule has 7 heteroatoms. The summed E-state index contributed by atoms with van der Waals surface area (Å²) in [5.74, 6) is 0.427. The number of nitrogens with zero attached hydrogens (tertiary/aromatic N) is 2. The van der Waals surface area contributed by atoms with Crippen molar-refractivity contribution in [1.82, 2.24) is 20.4 Å². The molecule has 178 valence electrons. The van der Waals surface area contributed by atoms with E-state index in [-0.39, 0.29) is 23.8 Å². The predicted molar refractivity (Wildman–Crippen MR) is 131 cm³/mol. The number of carbonyl (C=O) groups is 2. The number of unbranched alkanes of at least 4 members (excludes halogenated alkanes) is 1. The Labute approximate surface area is 200 Å². The van der Waals surface area contributed by atoms with Gasteiger partial charge in [0.05, 0.1) is 24.8 Å². The van der Waals surface area contributed by atoms with Crippen molar-refractivity contribution in [3.63, 3.8) is 0 Å². The number of aromatic amines is 1. The lowest BCUT2D eigenvalue weighted by Gasteiger charge is -2.41. The van der Waals surface area contributed by atoms with E-state index in [2.05, 4.69) is 22.4 Å². The van der Waals surface area contributed by atoms with Crippen molar-refractivity contribution in [3.05, 3.63) is 71.9 Å². The van der Waals surface area contributed by atoms with Crippen molar-refractivity contribution < 1.29 is 14.3 Å². The van der Waals surface area contributed by atoms with Gasteiger partial charge in [-0.2, -0.15) is 5.10 Å². The van der Waals surface area contributed by atoms with Gasteiger partial charge in [-0.3, -0.25) is 14.7 Å². The molecule has 0 saturated carbocycles. The van der Waals surface area contributed by atoms with E-state index < -0.39 is 0 Å². The van der Waals surface area contributed by atoms with Crippen LogP contribution in [0.3, 0.4) is 0 Å². The van der Waals surface area contributed by atoms with E-state index in [1.807, 2.05) is 59.5 Å². The van der Waals surface area contributed by atoms with Crippen LogP contribution >= 0.6 is 0 Å². The molecule has 0 radical (unpaired) electrons. The van der Waals surface area contributed by atoms with Gasteiger partial charge < -0.3 is 15.0 Å². The number of methoxy groups -OCH3 is 1. The Kier molecular flexibility index (Phi) is 7.62. The monoisotopic (exact) mass is 460 g/mol. The third kappa shape index (κ3) is 5.14. The summed E-state index contributed by atoms with van der Waals surface area (Å²) in [6.07, 6.45) is 4.50. The lowest BCUT2D eigenvalue weighted by molar-refractivity contribution is -0.143. The van der Waals surface area contributed by atoms with Crippen LogP contribution in [0.5, 0.6) is 5.75 Å². The molecule has 2 aromatic carbocycles. The van der Waals surface area contributed by atoms with E-state index in [0.29, 0.717) is 31.7 Å². The predicted octanol–water partition coefficient (Wildman–Crippen LogP) is 4.48. The first kappa shape index (κ1) is 23.5. The molecule has 4 rings (SSSR count). The van der Waals surface area contributed by atoms with Crippen LogP contribution in [0.4, 0.5) is 0 Å². The number of piperidine rings is 1. The molecule has 2 amide bonds. The standard InChI is InChI=1S/C27H32N4O3/c1-3-4-17-31-25(32)14-13-22(26(31)21-7-5-6-8-24(21)34-2)27(33)28-18-19-9-11-20(12-10-19)23-15-16-29-30-23/h5-12,15-16,22,26H,3-4,13-14,17-18H2,1-2H3,(H,28,33)(H,29,30). The summed E-state index contributed by atoms with van der Waals surface area (Å²) in [5.41, 5.74) is 3.90. The smallest absolute Gasteiger partial charge is 0.225 e. The molecule has 1 aliphatic rings. The minimum absolute atomic E-state index is 0.0393. The highest BCUT2D eigenvalue weighted by atomic mass is 16.5. The Morgan fingerprint density at radius 2 is 1.97 bits per heavy atom. The quantitative estimate of drug-likeness (QED) is 0.493. The molecule has 0 aliphatic carbocycles. The third-order valence-corrected chi connectivity index (χ3v) is 6.49. The van der Waals surface area contributed by atoms with Gasteiger partial charge in [0, 0.05) is 31.3 Å². The minimum atomic E-state index is -0.341. The van der Waals surface area contributed by atoms with Crippen molar-refractivity contribution in [2.45, 2.75) is 45.2 Å². The summed E-state index contributed by atoms with van der Waals surface area (Å²) < 4.78 is 5.61. The van der Waals surface area contributed by atoms with Gasteiger partial charge in [0.25, 0.3) is 0 Å². The molecule has 2 unspecified atom stereocenters. The second-order valence-electron chi connectivity index (χ2n) is 8.66. The molecule has 1 fully saturated rings. The summed E-state index contributed by atoms with van der Waals surface area (Å²) in [5, 5.41) is 10.1. The largest absolute Gasteiger partial charge is 0.496 e. The first-order chi connectivity index (χ1) is 16.6. The van der Waals surface area contributed by atoms with Gasteiger partial charge in [0.15, 0.2) is 0 Å². The van der Waals surface area contributed by atoms with Crippen LogP contribution in [-0.2, 0) is 16.1 Å². The zero-order chi connectivity index (χ0) is 23.9. The van der Waals surface area contributed by atoms with Crippen LogP contribution < -0.4 is 10.1 Å². The lowest BCUT2D eigenvalue weighted by atomic mass is 9.83. The molecule has 1 aliphatic heterocycles. The highest BCUT2D eigenvalue weighted by Gasteiger charge is 2.41. The summed E-state index contributed by atoms with van der Waals surface area (Å²) in [7, 11) is 1.63. The van der Waals surface area contributed by atoms with Gasteiger partial charge in [0.1, 0.15) is 5.75 Å². The van der Waals surface area contributed by atoms with Crippen molar-refractivity contribution in [2.24, 2.45) is 5.92 Å². The summed E-state index contributed by atoms with van der Waals surface area (Å²) in [6, 6.07) is 17.3. The normalized spacial score (nSPS) is 18.1. The number of ether oxygens (including phenoxy) is 1. The van der Waals surface area contributed by atoms with Gasteiger partial charge in [-0.05, 0) is 36.1 Å². The third-order valence-electron chi connectivity index (χ3n) is 6.49. The number of likely N-dealkylation sites (tertiary alicyclic amines) is 1. The molecule has 3 aromatic rings. The van der Waals surface area contributed by atoms with Crippen molar-refractivity contribution in [3.8, 4) is 17.0 Å². The zero-order valence-corrected chi connectivity index (χ0v) is 19.8. The van der Waals surface area contributed by atoms with E-state index >= 15 is 0 Å². The maximum Gasteiger partial charge on any atom is 0.225 e. The maximum absolute atomic E-state index is 13.4. The second kappa shape index (κ2) is 11.0. The van der Waals surface area contributed by atoms with Gasteiger partial charge in [-0.15, -0.1) is 0 Å². The van der Waals surface area contributed by atoms with Crippen molar-refractivity contribution in [2.75, 3.05) is 13.7 Å². The average molecular weight is 461 g/mol. The Morgan fingerprint density at radius 3 is 2.68 bits per heavy atom. The van der Waals surface area contributed by atoms with Crippen LogP contribution in [0.15, 0.2) is 60.8 Å². The number of hydrogen-bond acceptors (Lipinski definition) is 4. The number of benzene rings is 2. The first-order valence-corrected chi connectivity index (χ1v) is 11.9. The molecule has 2 heterocycles. The van der Waals surface area contributed by atoms with Gasteiger partial charge in [-0.1, -0.05) is 55.8 Å². The van der Waals surface area contributed by atoms with Crippen molar-refractivity contribution >= 4 is 11.8 Å². The molecule has 0 spiro atoms. The topological polar surface area (TPSA) is 87.3 Å². The highest BCUT2D eigenvalue weighted by Crippen LogP contribution is 2.40. The molecular weight excluding hydrogens is 428 g/mol. The molecule has 7 nitrogen and oxygen atoms in total. The Bertz CT molecular complexity index is 1100. The fourth-order valence-electron chi connectivity index (χ4n) is 4.65. The van der Waals surface area contributed by atoms with Crippen LogP contribution in [-0.4, -0.2) is 40.6 Å². The van der Waals surface area contributed by atoms with Crippen LogP contribution in [0.2, 0.25) is 0 Å². The summed E-state index contributed by atoms with van der Waals surface area (Å²) in [4.78, 5) is 28.2. The van der Waals surface area contributed by atoms with Crippen LogP contribution in [0.25, 0.3) is 11.3 Å². The van der Waals surface area contributed by atoms with Gasteiger partial charge >= 0.3 is 0 Å². The number of aromatic nitrogens is 2. The second-order valence-corrected chi connectivity index (χ2v) is 8.66. The van der Waals surface area contributed by atoms with Gasteiger partial charge in [0.2, 0.25) is 11.8 Å². The number of H-pyrrole nitrogens is 1. The van der Waals surface area contributed by atoms with E-state index in [1.165, 1.54) is 0 Å².